The molecule has 0 aromatic carbocycles. The van der Waals surface area contributed by atoms with Crippen molar-refractivity contribution in [3.63, 3.8) is 0 Å². The van der Waals surface area contributed by atoms with E-state index in [1.54, 1.807) is 6.08 Å². The van der Waals surface area contributed by atoms with E-state index < -0.39 is 0 Å². The number of carbonyl (C=O) groups excluding carboxylic acids is 2. The van der Waals surface area contributed by atoms with Gasteiger partial charge in [0.2, 0.25) is 11.8 Å². The van der Waals surface area contributed by atoms with Crippen molar-refractivity contribution in [1.82, 2.24) is 10.6 Å². The van der Waals surface area contributed by atoms with E-state index in [1.165, 1.54) is 18.4 Å². The fourth-order valence-electron chi connectivity index (χ4n) is 3.81. The van der Waals surface area contributed by atoms with Crippen LogP contribution in [0.1, 0.15) is 66.2 Å². The maximum atomic E-state index is 12.1. The van der Waals surface area contributed by atoms with E-state index in [4.69, 9.17) is 0 Å². The molecule has 0 spiro atoms. The molecule has 2 amide bonds. The standard InChI is InChI=1S/C20H32N2O2/c1-14(10-11-20(4)15(2)7-5-8-16(20)3)13-18(23)22-17-9-6-12-21-19(17)24/h7,13,16-17H,5-6,8-12H2,1-4H3,(H,21,24)(H,22,23)/t16-,17-,20-/m1/s1. The van der Waals surface area contributed by atoms with E-state index in [0.29, 0.717) is 12.5 Å². The SMILES string of the molecule is CC(=CC(=O)N[C@@H]1CCCNC1=O)CC[C@]1(C)C(C)=CCC[C@H]1C. The lowest BCUT2D eigenvalue weighted by molar-refractivity contribution is -0.128. The Bertz CT molecular complexity index is 550. The fraction of sp³-hybridized carbons (Fsp3) is 0.700. The van der Waals surface area contributed by atoms with Crippen molar-refractivity contribution >= 4 is 11.8 Å². The van der Waals surface area contributed by atoms with Gasteiger partial charge in [0.25, 0.3) is 0 Å². The first-order chi connectivity index (χ1) is 11.3. The number of piperidine rings is 1. The van der Waals surface area contributed by atoms with Gasteiger partial charge in [-0.3, -0.25) is 9.59 Å². The predicted octanol–water partition coefficient (Wildman–Crippen LogP) is 3.49. The van der Waals surface area contributed by atoms with E-state index >= 15 is 0 Å². The first-order valence-corrected chi connectivity index (χ1v) is 9.25. The average molecular weight is 332 g/mol. The number of hydrogen-bond donors (Lipinski definition) is 2. The molecule has 1 aliphatic heterocycles. The third-order valence-corrected chi connectivity index (χ3v) is 6.06. The van der Waals surface area contributed by atoms with Gasteiger partial charge in [-0.25, -0.2) is 0 Å². The second-order valence-corrected chi connectivity index (χ2v) is 7.77. The van der Waals surface area contributed by atoms with E-state index in [-0.39, 0.29) is 23.3 Å². The Hall–Kier alpha value is -1.58. The summed E-state index contributed by atoms with van der Waals surface area (Å²) in [6.07, 6.45) is 10.1. The predicted molar refractivity (Wildman–Crippen MR) is 97.4 cm³/mol. The number of amides is 2. The van der Waals surface area contributed by atoms with Crippen LogP contribution in [0.2, 0.25) is 0 Å². The number of hydrogen-bond acceptors (Lipinski definition) is 2. The highest BCUT2D eigenvalue weighted by Crippen LogP contribution is 2.45. The molecule has 4 heteroatoms. The Labute approximate surface area is 146 Å². The molecule has 2 aliphatic rings. The van der Waals surface area contributed by atoms with Crippen molar-refractivity contribution in [3.05, 3.63) is 23.3 Å². The Kier molecular flexibility index (Phi) is 6.25. The molecule has 1 heterocycles. The molecule has 1 saturated heterocycles. The Morgan fingerprint density at radius 1 is 1.46 bits per heavy atom. The number of rotatable bonds is 5. The molecule has 0 aromatic rings. The summed E-state index contributed by atoms with van der Waals surface area (Å²) in [6.45, 7) is 9.65. The van der Waals surface area contributed by atoms with Crippen molar-refractivity contribution in [2.24, 2.45) is 11.3 Å². The Balaban J connectivity index is 1.89. The molecule has 0 saturated carbocycles. The van der Waals surface area contributed by atoms with Crippen molar-refractivity contribution in [2.45, 2.75) is 72.3 Å². The molecule has 0 aromatic heterocycles. The summed E-state index contributed by atoms with van der Waals surface area (Å²) in [5, 5.41) is 5.62. The summed E-state index contributed by atoms with van der Waals surface area (Å²) in [5.41, 5.74) is 2.79. The lowest BCUT2D eigenvalue weighted by Crippen LogP contribution is -2.49. The van der Waals surface area contributed by atoms with Crippen molar-refractivity contribution < 1.29 is 9.59 Å². The summed E-state index contributed by atoms with van der Waals surface area (Å²) in [6, 6.07) is -0.378. The minimum absolute atomic E-state index is 0.0649. The normalized spacial score (nSPS) is 31.2. The molecule has 0 radical (unpaired) electrons. The highest BCUT2D eigenvalue weighted by molar-refractivity contribution is 5.93. The first-order valence-electron chi connectivity index (χ1n) is 9.25. The van der Waals surface area contributed by atoms with Crippen LogP contribution in [0.3, 0.4) is 0 Å². The topological polar surface area (TPSA) is 58.2 Å². The Morgan fingerprint density at radius 2 is 2.21 bits per heavy atom. The zero-order chi connectivity index (χ0) is 17.7. The van der Waals surface area contributed by atoms with Crippen molar-refractivity contribution in [3.8, 4) is 0 Å². The van der Waals surface area contributed by atoms with Crippen LogP contribution in [-0.2, 0) is 9.59 Å². The maximum Gasteiger partial charge on any atom is 0.244 e. The fourth-order valence-corrected chi connectivity index (χ4v) is 3.81. The molecule has 2 rings (SSSR count). The van der Waals surface area contributed by atoms with Crippen molar-refractivity contribution in [1.29, 1.82) is 0 Å². The van der Waals surface area contributed by atoms with Crippen LogP contribution in [0.25, 0.3) is 0 Å². The van der Waals surface area contributed by atoms with Crippen LogP contribution in [-0.4, -0.2) is 24.4 Å². The molecule has 0 bridgehead atoms. The highest BCUT2D eigenvalue weighted by atomic mass is 16.2. The van der Waals surface area contributed by atoms with Crippen LogP contribution in [0.4, 0.5) is 0 Å². The van der Waals surface area contributed by atoms with Crippen LogP contribution >= 0.6 is 0 Å². The van der Waals surface area contributed by atoms with Crippen LogP contribution in [0, 0.1) is 11.3 Å². The van der Waals surface area contributed by atoms with Gasteiger partial charge in [0.15, 0.2) is 0 Å². The zero-order valence-electron chi connectivity index (χ0n) is 15.6. The lowest BCUT2D eigenvalue weighted by atomic mass is 9.65. The third kappa shape index (κ3) is 4.49. The summed E-state index contributed by atoms with van der Waals surface area (Å²) in [5.74, 6) is 0.462. The van der Waals surface area contributed by atoms with E-state index in [2.05, 4.69) is 37.5 Å². The minimum Gasteiger partial charge on any atom is -0.354 e. The molecule has 3 atom stereocenters. The van der Waals surface area contributed by atoms with Gasteiger partial charge < -0.3 is 10.6 Å². The third-order valence-electron chi connectivity index (χ3n) is 6.06. The van der Waals surface area contributed by atoms with Gasteiger partial charge in [-0.1, -0.05) is 31.1 Å². The van der Waals surface area contributed by atoms with Crippen LogP contribution in [0.15, 0.2) is 23.3 Å². The number of carbonyl (C=O) groups is 2. The number of allylic oxidation sites excluding steroid dienone is 3. The molecule has 4 nitrogen and oxygen atoms in total. The zero-order valence-corrected chi connectivity index (χ0v) is 15.6. The van der Waals surface area contributed by atoms with Gasteiger partial charge in [0.05, 0.1) is 0 Å². The molecule has 2 N–H and O–H groups in total. The summed E-state index contributed by atoms with van der Waals surface area (Å²) in [7, 11) is 0. The van der Waals surface area contributed by atoms with Gasteiger partial charge in [0, 0.05) is 12.6 Å². The molecule has 1 fully saturated rings. The van der Waals surface area contributed by atoms with E-state index in [0.717, 1.165) is 31.3 Å². The van der Waals surface area contributed by atoms with Gasteiger partial charge in [-0.2, -0.15) is 0 Å². The van der Waals surface area contributed by atoms with Gasteiger partial charge in [-0.15, -0.1) is 0 Å². The number of nitrogens with one attached hydrogen (secondary N) is 2. The largest absolute Gasteiger partial charge is 0.354 e. The molecular weight excluding hydrogens is 300 g/mol. The molecule has 24 heavy (non-hydrogen) atoms. The highest BCUT2D eigenvalue weighted by Gasteiger charge is 2.34. The van der Waals surface area contributed by atoms with Gasteiger partial charge >= 0.3 is 0 Å². The summed E-state index contributed by atoms with van der Waals surface area (Å²) in [4.78, 5) is 23.9. The van der Waals surface area contributed by atoms with Crippen LogP contribution < -0.4 is 10.6 Å². The second-order valence-electron chi connectivity index (χ2n) is 7.77. The first kappa shape index (κ1) is 18.8. The van der Waals surface area contributed by atoms with Gasteiger partial charge in [-0.05, 0) is 63.7 Å². The maximum absolute atomic E-state index is 12.1. The van der Waals surface area contributed by atoms with E-state index in [1.807, 2.05) is 6.92 Å². The van der Waals surface area contributed by atoms with E-state index in [9.17, 15) is 9.59 Å². The summed E-state index contributed by atoms with van der Waals surface area (Å²) < 4.78 is 0. The van der Waals surface area contributed by atoms with Crippen LogP contribution in [0.5, 0.6) is 0 Å². The lowest BCUT2D eigenvalue weighted by Gasteiger charge is -2.40. The molecule has 134 valence electrons. The molecular formula is C20H32N2O2. The minimum atomic E-state index is -0.378. The molecule has 1 aliphatic carbocycles. The van der Waals surface area contributed by atoms with Gasteiger partial charge in [0.1, 0.15) is 6.04 Å². The van der Waals surface area contributed by atoms with Crippen molar-refractivity contribution in [2.75, 3.05) is 6.54 Å². The average Bonchev–Trinajstić information content (AvgIpc) is 2.53. The quantitative estimate of drug-likeness (QED) is 0.598. The monoisotopic (exact) mass is 332 g/mol. The molecule has 0 unspecified atom stereocenters. The second kappa shape index (κ2) is 8.00. The summed E-state index contributed by atoms with van der Waals surface area (Å²) >= 11 is 0. The Morgan fingerprint density at radius 3 is 2.88 bits per heavy atom. The smallest absolute Gasteiger partial charge is 0.244 e.